The predicted octanol–water partition coefficient (Wildman–Crippen LogP) is -0.121. The maximum Gasteiger partial charge on any atom is 0.0645 e. The summed E-state index contributed by atoms with van der Waals surface area (Å²) in [6, 6.07) is 0.676. The Morgan fingerprint density at radius 2 is 1.82 bits per heavy atom. The van der Waals surface area contributed by atoms with E-state index in [2.05, 4.69) is 30.9 Å². The number of hydrogen-bond donors (Lipinski definition) is 0. The molecule has 0 aromatic rings. The molecule has 1 fully saturated rings. The van der Waals surface area contributed by atoms with Gasteiger partial charge in [0, 0.05) is 13.1 Å². The van der Waals surface area contributed by atoms with Gasteiger partial charge in [-0.2, -0.15) is 0 Å². The second-order valence-electron chi connectivity index (χ2n) is 3.48. The summed E-state index contributed by atoms with van der Waals surface area (Å²) < 4.78 is 5.11. The molecule has 66 valence electrons. The summed E-state index contributed by atoms with van der Waals surface area (Å²) in [4.78, 5) is 4.57. The Morgan fingerprint density at radius 1 is 1.18 bits per heavy atom. The second-order valence-corrected chi connectivity index (χ2v) is 3.48. The molecule has 3 heteroatoms. The smallest absolute Gasteiger partial charge is 0.0645 e. The lowest BCUT2D eigenvalue weighted by molar-refractivity contribution is -0.0568. The lowest BCUT2D eigenvalue weighted by Gasteiger charge is -2.35. The largest absolute Gasteiger partial charge is 0.378 e. The highest BCUT2D eigenvalue weighted by Crippen LogP contribution is 2.06. The Kier molecular flexibility index (Phi) is 3.30. The summed E-state index contributed by atoms with van der Waals surface area (Å²) in [7, 11) is 6.37. The van der Waals surface area contributed by atoms with E-state index in [4.69, 9.17) is 4.74 Å². The lowest BCUT2D eigenvalue weighted by atomic mass is 10.2. The predicted molar refractivity (Wildman–Crippen MR) is 45.8 cm³/mol. The van der Waals surface area contributed by atoms with Gasteiger partial charge in [0.1, 0.15) is 0 Å². The molecule has 0 spiro atoms. The van der Waals surface area contributed by atoms with Crippen LogP contribution in [0, 0.1) is 0 Å². The van der Waals surface area contributed by atoms with Gasteiger partial charge >= 0.3 is 0 Å². The van der Waals surface area contributed by atoms with Crippen molar-refractivity contribution in [3.63, 3.8) is 0 Å². The van der Waals surface area contributed by atoms with Gasteiger partial charge in [0.25, 0.3) is 0 Å². The first kappa shape index (κ1) is 8.97. The van der Waals surface area contributed by atoms with Crippen molar-refractivity contribution in [2.75, 3.05) is 47.4 Å². The summed E-state index contributed by atoms with van der Waals surface area (Å²) in [6.45, 7) is 4.11. The molecule has 0 amide bonds. The van der Waals surface area contributed by atoms with Crippen LogP contribution in [0.25, 0.3) is 0 Å². The first-order valence-electron chi connectivity index (χ1n) is 4.13. The highest BCUT2D eigenvalue weighted by molar-refractivity contribution is 4.74. The molecule has 1 saturated heterocycles. The fourth-order valence-electron chi connectivity index (χ4n) is 1.02. The number of hydrogen-bond acceptors (Lipinski definition) is 3. The van der Waals surface area contributed by atoms with Crippen molar-refractivity contribution in [2.45, 2.75) is 6.04 Å². The third kappa shape index (κ3) is 2.77. The number of nitrogens with zero attached hydrogens (tertiary/aromatic N) is 2. The van der Waals surface area contributed by atoms with Crippen LogP contribution in [0.1, 0.15) is 0 Å². The zero-order valence-corrected chi connectivity index (χ0v) is 7.71. The zero-order chi connectivity index (χ0) is 8.27. The molecule has 0 bridgehead atoms. The molecule has 0 atom stereocenters. The number of rotatable bonds is 4. The minimum absolute atomic E-state index is 0.676. The fourth-order valence-corrected chi connectivity index (χ4v) is 1.02. The van der Waals surface area contributed by atoms with E-state index >= 15 is 0 Å². The summed E-state index contributed by atoms with van der Waals surface area (Å²) in [6.07, 6.45) is 0. The molecule has 1 heterocycles. The third-order valence-corrected chi connectivity index (χ3v) is 2.14. The van der Waals surface area contributed by atoms with E-state index in [-0.39, 0.29) is 0 Å². The maximum atomic E-state index is 5.11. The topological polar surface area (TPSA) is 15.7 Å². The molecule has 3 nitrogen and oxygen atoms in total. The van der Waals surface area contributed by atoms with Crippen LogP contribution in [-0.2, 0) is 4.74 Å². The van der Waals surface area contributed by atoms with Gasteiger partial charge in [0.15, 0.2) is 0 Å². The highest BCUT2D eigenvalue weighted by atomic mass is 16.5. The van der Waals surface area contributed by atoms with Gasteiger partial charge in [-0.05, 0) is 21.1 Å². The Hall–Kier alpha value is -0.120. The van der Waals surface area contributed by atoms with Crippen LogP contribution < -0.4 is 0 Å². The molecule has 0 unspecified atom stereocenters. The van der Waals surface area contributed by atoms with E-state index in [1.54, 1.807) is 0 Å². The number of likely N-dealkylation sites (N-methyl/N-ethyl adjacent to an activating group) is 2. The molecule has 1 aliphatic heterocycles. The molecule has 0 N–H and O–H groups in total. The van der Waals surface area contributed by atoms with Gasteiger partial charge in [-0.15, -0.1) is 0 Å². The van der Waals surface area contributed by atoms with E-state index in [1.165, 1.54) is 0 Å². The monoisotopic (exact) mass is 158 g/mol. The molecular weight excluding hydrogens is 140 g/mol. The molecule has 11 heavy (non-hydrogen) atoms. The molecule has 1 aliphatic rings. The normalized spacial score (nSPS) is 19.4. The number of ether oxygens (including phenoxy) is 1. The van der Waals surface area contributed by atoms with E-state index in [1.807, 2.05) is 0 Å². The Bertz CT molecular complexity index is 113. The van der Waals surface area contributed by atoms with Crippen LogP contribution >= 0.6 is 0 Å². The van der Waals surface area contributed by atoms with Gasteiger partial charge in [0.2, 0.25) is 0 Å². The average molecular weight is 158 g/mol. The minimum Gasteiger partial charge on any atom is -0.378 e. The fraction of sp³-hybridized carbons (Fsp3) is 1.00. The Morgan fingerprint density at radius 3 is 2.18 bits per heavy atom. The van der Waals surface area contributed by atoms with Crippen molar-refractivity contribution < 1.29 is 4.74 Å². The van der Waals surface area contributed by atoms with E-state index in [0.717, 1.165) is 26.3 Å². The molecule has 0 aromatic carbocycles. The minimum atomic E-state index is 0.676. The van der Waals surface area contributed by atoms with Crippen molar-refractivity contribution in [3.8, 4) is 0 Å². The van der Waals surface area contributed by atoms with Crippen LogP contribution in [0.4, 0.5) is 0 Å². The van der Waals surface area contributed by atoms with Gasteiger partial charge in [-0.1, -0.05) is 0 Å². The Balaban J connectivity index is 2.05. The van der Waals surface area contributed by atoms with Crippen molar-refractivity contribution in [3.05, 3.63) is 0 Å². The lowest BCUT2D eigenvalue weighted by Crippen LogP contribution is -2.48. The quantitative estimate of drug-likeness (QED) is 0.567. The van der Waals surface area contributed by atoms with Crippen LogP contribution in [0.5, 0.6) is 0 Å². The summed E-state index contributed by atoms with van der Waals surface area (Å²) in [5.41, 5.74) is 0. The zero-order valence-electron chi connectivity index (χ0n) is 7.71. The van der Waals surface area contributed by atoms with Crippen molar-refractivity contribution >= 4 is 0 Å². The molecular formula is C8H18N2O. The molecule has 0 aromatic heterocycles. The first-order valence-corrected chi connectivity index (χ1v) is 4.13. The third-order valence-electron chi connectivity index (χ3n) is 2.14. The standard InChI is InChI=1S/C8H18N2O/c1-9(2)4-5-10(3)8-6-11-7-8/h8H,4-7H2,1-3H3. The van der Waals surface area contributed by atoms with Crippen molar-refractivity contribution in [1.82, 2.24) is 9.80 Å². The van der Waals surface area contributed by atoms with E-state index in [0.29, 0.717) is 6.04 Å². The van der Waals surface area contributed by atoms with Crippen LogP contribution in [0.15, 0.2) is 0 Å². The van der Waals surface area contributed by atoms with Crippen molar-refractivity contribution in [2.24, 2.45) is 0 Å². The highest BCUT2D eigenvalue weighted by Gasteiger charge is 2.22. The van der Waals surface area contributed by atoms with E-state index in [9.17, 15) is 0 Å². The first-order chi connectivity index (χ1) is 5.20. The average Bonchev–Trinajstić information content (AvgIpc) is 1.79. The van der Waals surface area contributed by atoms with Crippen molar-refractivity contribution in [1.29, 1.82) is 0 Å². The maximum absolute atomic E-state index is 5.11. The second kappa shape index (κ2) is 4.04. The van der Waals surface area contributed by atoms with Gasteiger partial charge in [-0.25, -0.2) is 0 Å². The van der Waals surface area contributed by atoms with Gasteiger partial charge in [0.05, 0.1) is 19.3 Å². The molecule has 0 radical (unpaired) electrons. The van der Waals surface area contributed by atoms with Crippen LogP contribution in [0.2, 0.25) is 0 Å². The molecule has 1 rings (SSSR count). The van der Waals surface area contributed by atoms with Gasteiger partial charge < -0.3 is 9.64 Å². The summed E-state index contributed by atoms with van der Waals surface area (Å²) in [5, 5.41) is 0. The SMILES string of the molecule is CN(C)CCN(C)C1COC1. The van der Waals surface area contributed by atoms with Gasteiger partial charge in [-0.3, -0.25) is 4.90 Å². The van der Waals surface area contributed by atoms with Crippen LogP contribution in [-0.4, -0.2) is 63.3 Å². The summed E-state index contributed by atoms with van der Waals surface area (Å²) in [5.74, 6) is 0. The summed E-state index contributed by atoms with van der Waals surface area (Å²) >= 11 is 0. The molecule has 0 saturated carbocycles. The van der Waals surface area contributed by atoms with Crippen LogP contribution in [0.3, 0.4) is 0 Å². The van der Waals surface area contributed by atoms with E-state index < -0.39 is 0 Å². The Labute approximate surface area is 68.9 Å². The molecule has 0 aliphatic carbocycles.